The SMILES string of the molecule is Oc1ccc(-c2csc3cc(O)ccc23)c(Oc2ccc(OCCCN3CCCCC3)cc2)c1. The van der Waals surface area contributed by atoms with Crippen molar-refractivity contribution in [3.63, 3.8) is 0 Å². The van der Waals surface area contributed by atoms with E-state index in [0.29, 0.717) is 18.1 Å². The Labute approximate surface area is 203 Å². The van der Waals surface area contributed by atoms with Gasteiger partial charge in [-0.05, 0) is 92.3 Å². The van der Waals surface area contributed by atoms with E-state index in [1.807, 2.05) is 41.8 Å². The lowest BCUT2D eigenvalue weighted by Gasteiger charge is -2.26. The van der Waals surface area contributed by atoms with Crippen LogP contribution in [0.4, 0.5) is 0 Å². The molecule has 0 atom stereocenters. The molecule has 0 bridgehead atoms. The van der Waals surface area contributed by atoms with Gasteiger partial charge in [-0.25, -0.2) is 0 Å². The summed E-state index contributed by atoms with van der Waals surface area (Å²) in [5.74, 6) is 2.46. The fraction of sp³-hybridized carbons (Fsp3) is 0.286. The predicted molar refractivity (Wildman–Crippen MR) is 138 cm³/mol. The van der Waals surface area contributed by atoms with Gasteiger partial charge in [-0.2, -0.15) is 0 Å². The highest BCUT2D eigenvalue weighted by molar-refractivity contribution is 7.17. The predicted octanol–water partition coefficient (Wildman–Crippen LogP) is 7.03. The number of phenolic OH excluding ortho intramolecular Hbond substituents is 2. The van der Waals surface area contributed by atoms with Crippen molar-refractivity contribution in [1.82, 2.24) is 4.90 Å². The summed E-state index contributed by atoms with van der Waals surface area (Å²) < 4.78 is 13.1. The third-order valence-electron chi connectivity index (χ3n) is 6.20. The number of nitrogens with zero attached hydrogens (tertiary/aromatic N) is 1. The molecule has 1 aromatic heterocycles. The van der Waals surface area contributed by atoms with Gasteiger partial charge in [0.15, 0.2) is 0 Å². The Hall–Kier alpha value is -3.22. The summed E-state index contributed by atoms with van der Waals surface area (Å²) in [6.45, 7) is 4.23. The van der Waals surface area contributed by atoms with Crippen LogP contribution in [0.3, 0.4) is 0 Å². The molecule has 3 aromatic carbocycles. The second-order valence-corrected chi connectivity index (χ2v) is 9.60. The lowest BCUT2D eigenvalue weighted by molar-refractivity contribution is 0.205. The fourth-order valence-electron chi connectivity index (χ4n) is 4.44. The Kier molecular flexibility index (Phi) is 6.88. The molecule has 6 heteroatoms. The quantitative estimate of drug-likeness (QED) is 0.268. The number of phenols is 2. The highest BCUT2D eigenvalue weighted by Crippen LogP contribution is 2.42. The van der Waals surface area contributed by atoms with Crippen LogP contribution in [-0.4, -0.2) is 41.4 Å². The van der Waals surface area contributed by atoms with Gasteiger partial charge < -0.3 is 24.6 Å². The minimum absolute atomic E-state index is 0.143. The van der Waals surface area contributed by atoms with Crippen LogP contribution in [0.5, 0.6) is 28.7 Å². The summed E-state index contributed by atoms with van der Waals surface area (Å²) in [5.41, 5.74) is 1.89. The summed E-state index contributed by atoms with van der Waals surface area (Å²) in [6, 6.07) is 18.1. The summed E-state index contributed by atoms with van der Waals surface area (Å²) in [6.07, 6.45) is 5.02. The molecule has 2 heterocycles. The molecule has 0 saturated carbocycles. The zero-order valence-electron chi connectivity index (χ0n) is 19.1. The number of benzene rings is 3. The highest BCUT2D eigenvalue weighted by Gasteiger charge is 2.14. The van der Waals surface area contributed by atoms with Crippen molar-refractivity contribution in [2.75, 3.05) is 26.2 Å². The normalized spacial score (nSPS) is 14.4. The minimum Gasteiger partial charge on any atom is -0.508 e. The maximum Gasteiger partial charge on any atom is 0.138 e. The number of hydrogen-bond donors (Lipinski definition) is 2. The van der Waals surface area contributed by atoms with Crippen LogP contribution in [0.25, 0.3) is 21.2 Å². The molecule has 34 heavy (non-hydrogen) atoms. The fourth-order valence-corrected chi connectivity index (χ4v) is 5.43. The molecule has 0 unspecified atom stereocenters. The maximum absolute atomic E-state index is 10.1. The second kappa shape index (κ2) is 10.4. The molecule has 1 aliphatic rings. The first-order chi connectivity index (χ1) is 16.7. The molecule has 0 aliphatic carbocycles. The van der Waals surface area contributed by atoms with E-state index in [2.05, 4.69) is 4.90 Å². The van der Waals surface area contributed by atoms with E-state index in [9.17, 15) is 10.2 Å². The monoisotopic (exact) mass is 475 g/mol. The molecule has 1 fully saturated rings. The van der Waals surface area contributed by atoms with E-state index in [-0.39, 0.29) is 11.5 Å². The topological polar surface area (TPSA) is 62.2 Å². The molecular formula is C28H29NO4S. The Balaban J connectivity index is 1.25. The Morgan fingerprint density at radius 1 is 0.794 bits per heavy atom. The van der Waals surface area contributed by atoms with Crippen LogP contribution in [-0.2, 0) is 0 Å². The molecule has 5 rings (SSSR count). The second-order valence-electron chi connectivity index (χ2n) is 8.69. The summed E-state index contributed by atoms with van der Waals surface area (Å²) in [4.78, 5) is 2.52. The Morgan fingerprint density at radius 2 is 1.53 bits per heavy atom. The van der Waals surface area contributed by atoms with Crippen LogP contribution in [0, 0.1) is 0 Å². The maximum atomic E-state index is 10.1. The lowest BCUT2D eigenvalue weighted by Crippen LogP contribution is -2.31. The third kappa shape index (κ3) is 5.29. The van der Waals surface area contributed by atoms with E-state index in [1.165, 1.54) is 32.4 Å². The van der Waals surface area contributed by atoms with Crippen LogP contribution >= 0.6 is 11.3 Å². The van der Waals surface area contributed by atoms with Gasteiger partial charge in [0.25, 0.3) is 0 Å². The molecule has 0 amide bonds. The summed E-state index contributed by atoms with van der Waals surface area (Å²) >= 11 is 1.56. The van der Waals surface area contributed by atoms with Gasteiger partial charge in [0.05, 0.1) is 6.61 Å². The molecule has 4 aromatic rings. The van der Waals surface area contributed by atoms with Gasteiger partial charge >= 0.3 is 0 Å². The molecular weight excluding hydrogens is 446 g/mol. The van der Waals surface area contributed by atoms with Crippen molar-refractivity contribution in [2.45, 2.75) is 25.7 Å². The standard InChI is InChI=1S/C28H29NO4S/c30-20-5-11-24(26-19-34-28-18-21(31)6-12-25(26)28)27(17-20)33-23-9-7-22(8-10-23)32-16-4-15-29-13-2-1-3-14-29/h5-12,17-19,30-31H,1-4,13-16H2. The first kappa shape index (κ1) is 22.6. The average molecular weight is 476 g/mol. The summed E-state index contributed by atoms with van der Waals surface area (Å²) in [7, 11) is 0. The van der Waals surface area contributed by atoms with Crippen molar-refractivity contribution in [2.24, 2.45) is 0 Å². The molecule has 0 radical (unpaired) electrons. The highest BCUT2D eigenvalue weighted by atomic mass is 32.1. The average Bonchev–Trinajstić information content (AvgIpc) is 3.26. The Bertz CT molecular complexity index is 1250. The van der Waals surface area contributed by atoms with Gasteiger partial charge in [-0.1, -0.05) is 6.42 Å². The third-order valence-corrected chi connectivity index (χ3v) is 7.15. The van der Waals surface area contributed by atoms with E-state index < -0.39 is 0 Å². The molecule has 2 N–H and O–H groups in total. The number of thiophene rings is 1. The molecule has 1 aliphatic heterocycles. The smallest absolute Gasteiger partial charge is 0.138 e. The largest absolute Gasteiger partial charge is 0.508 e. The number of fused-ring (bicyclic) bond motifs is 1. The van der Waals surface area contributed by atoms with Crippen molar-refractivity contribution >= 4 is 21.4 Å². The zero-order valence-corrected chi connectivity index (χ0v) is 19.9. The van der Waals surface area contributed by atoms with Gasteiger partial charge in [0.2, 0.25) is 0 Å². The molecule has 5 nitrogen and oxygen atoms in total. The van der Waals surface area contributed by atoms with E-state index in [1.54, 1.807) is 35.6 Å². The van der Waals surface area contributed by atoms with Crippen LogP contribution in [0.2, 0.25) is 0 Å². The number of hydrogen-bond acceptors (Lipinski definition) is 6. The number of rotatable bonds is 8. The minimum atomic E-state index is 0.143. The van der Waals surface area contributed by atoms with Crippen LogP contribution in [0.15, 0.2) is 66.0 Å². The van der Waals surface area contributed by atoms with Gasteiger partial charge in [0, 0.05) is 33.8 Å². The van der Waals surface area contributed by atoms with Crippen LogP contribution < -0.4 is 9.47 Å². The van der Waals surface area contributed by atoms with Gasteiger partial charge in [0.1, 0.15) is 28.7 Å². The van der Waals surface area contributed by atoms with E-state index in [4.69, 9.17) is 9.47 Å². The first-order valence-electron chi connectivity index (χ1n) is 11.8. The number of likely N-dealkylation sites (tertiary alicyclic amines) is 1. The molecule has 176 valence electrons. The van der Waals surface area contributed by atoms with Crippen molar-refractivity contribution < 1.29 is 19.7 Å². The summed E-state index contributed by atoms with van der Waals surface area (Å²) in [5, 5.41) is 22.9. The van der Waals surface area contributed by atoms with Gasteiger partial charge in [-0.3, -0.25) is 0 Å². The Morgan fingerprint density at radius 3 is 2.35 bits per heavy atom. The van der Waals surface area contributed by atoms with E-state index in [0.717, 1.165) is 39.9 Å². The van der Waals surface area contributed by atoms with Crippen molar-refractivity contribution in [1.29, 1.82) is 0 Å². The molecule has 1 saturated heterocycles. The first-order valence-corrected chi connectivity index (χ1v) is 12.7. The zero-order chi connectivity index (χ0) is 23.3. The number of ether oxygens (including phenoxy) is 2. The lowest BCUT2D eigenvalue weighted by atomic mass is 10.0. The van der Waals surface area contributed by atoms with Crippen LogP contribution in [0.1, 0.15) is 25.7 Å². The van der Waals surface area contributed by atoms with Crippen molar-refractivity contribution in [3.05, 3.63) is 66.0 Å². The van der Waals surface area contributed by atoms with Gasteiger partial charge in [-0.15, -0.1) is 11.3 Å². The molecule has 0 spiro atoms. The number of aromatic hydroxyl groups is 2. The number of piperidine rings is 1. The van der Waals surface area contributed by atoms with E-state index >= 15 is 0 Å². The van der Waals surface area contributed by atoms with Crippen molar-refractivity contribution in [3.8, 4) is 39.9 Å².